The molecule has 0 spiro atoms. The van der Waals surface area contributed by atoms with Crippen LogP contribution in [0, 0.1) is 0 Å². The van der Waals surface area contributed by atoms with E-state index in [2.05, 4.69) is 5.32 Å². The standard InChI is InChI=1S/C18H17Cl2NO4/c1-11(17(22)21-16-9-14(19)6-7-15(16)20)25-18(23)13-5-3-4-12(8-13)10-24-2/h3-9,11H,10H2,1-2H3,(H,21,22). The summed E-state index contributed by atoms with van der Waals surface area (Å²) in [6.07, 6.45) is -1.01. The summed E-state index contributed by atoms with van der Waals surface area (Å²) in [5.74, 6) is -1.11. The van der Waals surface area contributed by atoms with Gasteiger partial charge in [-0.15, -0.1) is 0 Å². The Kier molecular flexibility index (Phi) is 6.82. The SMILES string of the molecule is COCc1cccc(C(=O)OC(C)C(=O)Nc2cc(Cl)ccc2Cl)c1. The molecule has 0 bridgehead atoms. The lowest BCUT2D eigenvalue weighted by atomic mass is 10.1. The molecule has 0 radical (unpaired) electrons. The molecule has 132 valence electrons. The van der Waals surface area contributed by atoms with Crippen molar-refractivity contribution < 1.29 is 19.1 Å². The first kappa shape index (κ1) is 19.2. The molecule has 0 saturated heterocycles. The molecule has 0 aliphatic carbocycles. The fraction of sp³-hybridized carbons (Fsp3) is 0.222. The monoisotopic (exact) mass is 381 g/mol. The second-order valence-corrected chi connectivity index (χ2v) is 6.14. The zero-order chi connectivity index (χ0) is 18.4. The molecule has 0 fully saturated rings. The predicted octanol–water partition coefficient (Wildman–Crippen LogP) is 4.32. The van der Waals surface area contributed by atoms with Gasteiger partial charge in [-0.3, -0.25) is 4.79 Å². The zero-order valence-electron chi connectivity index (χ0n) is 13.7. The fourth-order valence-electron chi connectivity index (χ4n) is 2.06. The zero-order valence-corrected chi connectivity index (χ0v) is 15.2. The van der Waals surface area contributed by atoms with Crippen molar-refractivity contribution in [3.63, 3.8) is 0 Å². The van der Waals surface area contributed by atoms with Crippen molar-refractivity contribution in [1.29, 1.82) is 0 Å². The average molecular weight is 382 g/mol. The van der Waals surface area contributed by atoms with Crippen molar-refractivity contribution in [2.75, 3.05) is 12.4 Å². The molecule has 7 heteroatoms. The van der Waals surface area contributed by atoms with E-state index < -0.39 is 18.0 Å². The number of hydrogen-bond acceptors (Lipinski definition) is 4. The number of methoxy groups -OCH3 is 1. The van der Waals surface area contributed by atoms with Crippen LogP contribution in [0.4, 0.5) is 5.69 Å². The molecule has 0 aliphatic rings. The van der Waals surface area contributed by atoms with E-state index in [-0.39, 0.29) is 0 Å². The molecule has 1 N–H and O–H groups in total. The summed E-state index contributed by atoms with van der Waals surface area (Å²) in [6, 6.07) is 11.5. The lowest BCUT2D eigenvalue weighted by molar-refractivity contribution is -0.123. The molecule has 2 aromatic carbocycles. The molecule has 2 aromatic rings. The third-order valence-corrected chi connectivity index (χ3v) is 3.88. The number of hydrogen-bond donors (Lipinski definition) is 1. The normalized spacial score (nSPS) is 11.7. The average Bonchev–Trinajstić information content (AvgIpc) is 2.58. The molecule has 1 unspecified atom stereocenters. The van der Waals surface area contributed by atoms with Gasteiger partial charge in [0.1, 0.15) is 0 Å². The Hall–Kier alpha value is -2.08. The molecular formula is C18H17Cl2NO4. The predicted molar refractivity (Wildman–Crippen MR) is 97.1 cm³/mol. The summed E-state index contributed by atoms with van der Waals surface area (Å²) in [5, 5.41) is 3.35. The topological polar surface area (TPSA) is 64.6 Å². The molecule has 0 saturated carbocycles. The van der Waals surface area contributed by atoms with E-state index in [1.54, 1.807) is 37.4 Å². The van der Waals surface area contributed by atoms with E-state index in [1.165, 1.54) is 13.0 Å². The van der Waals surface area contributed by atoms with Crippen LogP contribution in [0.3, 0.4) is 0 Å². The number of amides is 1. The van der Waals surface area contributed by atoms with Gasteiger partial charge in [0, 0.05) is 12.1 Å². The molecule has 1 amide bonds. The number of esters is 1. The highest BCUT2D eigenvalue weighted by Gasteiger charge is 2.20. The van der Waals surface area contributed by atoms with Crippen molar-refractivity contribution in [2.24, 2.45) is 0 Å². The Morgan fingerprint density at radius 1 is 1.16 bits per heavy atom. The van der Waals surface area contributed by atoms with Crippen LogP contribution in [0.5, 0.6) is 0 Å². The summed E-state index contributed by atoms with van der Waals surface area (Å²) in [4.78, 5) is 24.4. The largest absolute Gasteiger partial charge is 0.449 e. The minimum atomic E-state index is -1.01. The van der Waals surface area contributed by atoms with Gasteiger partial charge in [-0.05, 0) is 42.8 Å². The molecule has 0 aliphatic heterocycles. The van der Waals surface area contributed by atoms with Gasteiger partial charge in [-0.25, -0.2) is 4.79 Å². The lowest BCUT2D eigenvalue weighted by Gasteiger charge is -2.14. The quantitative estimate of drug-likeness (QED) is 0.756. The summed E-state index contributed by atoms with van der Waals surface area (Å²) >= 11 is 11.9. The highest BCUT2D eigenvalue weighted by atomic mass is 35.5. The molecule has 5 nitrogen and oxygen atoms in total. The Morgan fingerprint density at radius 2 is 1.92 bits per heavy atom. The van der Waals surface area contributed by atoms with E-state index in [4.69, 9.17) is 32.7 Å². The maximum Gasteiger partial charge on any atom is 0.338 e. The van der Waals surface area contributed by atoms with Crippen LogP contribution < -0.4 is 5.32 Å². The Bertz CT molecular complexity index is 779. The van der Waals surface area contributed by atoms with E-state index in [1.807, 2.05) is 6.07 Å². The summed E-state index contributed by atoms with van der Waals surface area (Å²) in [6.45, 7) is 1.86. The lowest BCUT2D eigenvalue weighted by Crippen LogP contribution is -2.30. The van der Waals surface area contributed by atoms with Gasteiger partial charge in [-0.2, -0.15) is 0 Å². The summed E-state index contributed by atoms with van der Waals surface area (Å²) < 4.78 is 10.2. The molecule has 25 heavy (non-hydrogen) atoms. The van der Waals surface area contributed by atoms with Gasteiger partial charge in [0.05, 0.1) is 22.9 Å². The van der Waals surface area contributed by atoms with E-state index >= 15 is 0 Å². The van der Waals surface area contributed by atoms with Gasteiger partial charge >= 0.3 is 5.97 Å². The first-order valence-electron chi connectivity index (χ1n) is 7.45. The van der Waals surface area contributed by atoms with Gasteiger partial charge in [-0.1, -0.05) is 35.3 Å². The maximum atomic E-state index is 12.2. The maximum absolute atomic E-state index is 12.2. The molecular weight excluding hydrogens is 365 g/mol. The van der Waals surface area contributed by atoms with Crippen LogP contribution in [-0.4, -0.2) is 25.1 Å². The van der Waals surface area contributed by atoms with Crippen LogP contribution in [0.15, 0.2) is 42.5 Å². The van der Waals surface area contributed by atoms with Crippen LogP contribution in [0.1, 0.15) is 22.8 Å². The van der Waals surface area contributed by atoms with Crippen LogP contribution >= 0.6 is 23.2 Å². The number of ether oxygens (including phenoxy) is 2. The van der Waals surface area contributed by atoms with Gasteiger partial charge in [0.15, 0.2) is 6.10 Å². The van der Waals surface area contributed by atoms with Gasteiger partial charge < -0.3 is 14.8 Å². The van der Waals surface area contributed by atoms with Gasteiger partial charge in [0.2, 0.25) is 0 Å². The summed E-state index contributed by atoms with van der Waals surface area (Å²) in [7, 11) is 1.57. The second kappa shape index (κ2) is 8.85. The number of anilines is 1. The first-order chi connectivity index (χ1) is 11.9. The molecule has 2 rings (SSSR count). The van der Waals surface area contributed by atoms with Crippen molar-refractivity contribution in [1.82, 2.24) is 0 Å². The molecule has 0 heterocycles. The number of halogens is 2. The highest BCUT2D eigenvalue weighted by Crippen LogP contribution is 2.25. The van der Waals surface area contributed by atoms with E-state index in [0.717, 1.165) is 5.56 Å². The Morgan fingerprint density at radius 3 is 2.64 bits per heavy atom. The van der Waals surface area contributed by atoms with Crippen LogP contribution in [-0.2, 0) is 20.9 Å². The number of rotatable bonds is 6. The Labute approximate surface area is 155 Å². The highest BCUT2D eigenvalue weighted by molar-refractivity contribution is 6.35. The molecule has 0 aromatic heterocycles. The second-order valence-electron chi connectivity index (χ2n) is 5.29. The molecule has 1 atom stereocenters. The van der Waals surface area contributed by atoms with Crippen LogP contribution in [0.25, 0.3) is 0 Å². The summed E-state index contributed by atoms with van der Waals surface area (Å²) in [5.41, 5.74) is 1.53. The van der Waals surface area contributed by atoms with Gasteiger partial charge in [0.25, 0.3) is 5.91 Å². The van der Waals surface area contributed by atoms with Crippen molar-refractivity contribution >= 4 is 40.8 Å². The minimum absolute atomic E-state index is 0.337. The Balaban J connectivity index is 2.01. The van der Waals surface area contributed by atoms with Crippen molar-refractivity contribution in [3.8, 4) is 0 Å². The van der Waals surface area contributed by atoms with E-state index in [0.29, 0.717) is 27.9 Å². The smallest absolute Gasteiger partial charge is 0.338 e. The van der Waals surface area contributed by atoms with Crippen LogP contribution in [0.2, 0.25) is 10.0 Å². The first-order valence-corrected chi connectivity index (χ1v) is 8.21. The number of carbonyl (C=O) groups excluding carboxylic acids is 2. The van der Waals surface area contributed by atoms with Crippen molar-refractivity contribution in [3.05, 3.63) is 63.6 Å². The third-order valence-electron chi connectivity index (χ3n) is 3.31. The van der Waals surface area contributed by atoms with Crippen molar-refractivity contribution in [2.45, 2.75) is 19.6 Å². The third kappa shape index (κ3) is 5.46. The number of nitrogens with one attached hydrogen (secondary N) is 1. The van der Waals surface area contributed by atoms with E-state index in [9.17, 15) is 9.59 Å². The minimum Gasteiger partial charge on any atom is -0.449 e. The fourth-order valence-corrected chi connectivity index (χ4v) is 2.40. The number of carbonyl (C=O) groups is 2. The number of benzene rings is 2.